The summed E-state index contributed by atoms with van der Waals surface area (Å²) in [7, 11) is 0. The van der Waals surface area contributed by atoms with Crippen molar-refractivity contribution in [3.8, 4) is 22.6 Å². The van der Waals surface area contributed by atoms with Crippen LogP contribution in [0.3, 0.4) is 0 Å². The van der Waals surface area contributed by atoms with Gasteiger partial charge in [0.1, 0.15) is 0 Å². The lowest BCUT2D eigenvalue weighted by atomic mass is 10.0. The predicted molar refractivity (Wildman–Crippen MR) is 102 cm³/mol. The van der Waals surface area contributed by atoms with E-state index in [1.807, 2.05) is 18.2 Å². The highest BCUT2D eigenvalue weighted by Crippen LogP contribution is 2.42. The number of aliphatic hydroxyl groups is 1. The van der Waals surface area contributed by atoms with Crippen molar-refractivity contribution in [1.82, 2.24) is 10.3 Å². The Morgan fingerprint density at radius 3 is 2.27 bits per heavy atom. The Bertz CT molecular complexity index is 937. The van der Waals surface area contributed by atoms with Crippen molar-refractivity contribution in [3.63, 3.8) is 0 Å². The van der Waals surface area contributed by atoms with E-state index < -0.39 is 30.5 Å². The first-order valence-electron chi connectivity index (χ1n) is 9.45. The highest BCUT2D eigenvalue weighted by atomic mass is 19.4. The second kappa shape index (κ2) is 10.7. The third-order valence-corrected chi connectivity index (χ3v) is 4.49. The lowest BCUT2D eigenvalue weighted by Gasteiger charge is -2.25. The average Bonchev–Trinajstić information content (AvgIpc) is 3.22. The zero-order valence-corrected chi connectivity index (χ0v) is 17.1. The van der Waals surface area contributed by atoms with Crippen molar-refractivity contribution in [2.45, 2.75) is 44.4 Å². The molecule has 1 aromatic heterocycles. The van der Waals surface area contributed by atoms with Crippen LogP contribution in [-0.2, 0) is 11.3 Å². The molecule has 7 nitrogen and oxygen atoms in total. The Balaban J connectivity index is 0.000000479. The van der Waals surface area contributed by atoms with Gasteiger partial charge in [0.05, 0.1) is 0 Å². The second-order valence-electron chi connectivity index (χ2n) is 6.80. The summed E-state index contributed by atoms with van der Waals surface area (Å²) in [6, 6.07) is 6.10. The van der Waals surface area contributed by atoms with Gasteiger partial charge in [-0.3, -0.25) is 4.98 Å². The molecule has 0 saturated heterocycles. The van der Waals surface area contributed by atoms with E-state index in [9.17, 15) is 31.4 Å². The maximum Gasteiger partial charge on any atom is 0.490 e. The second-order valence-corrected chi connectivity index (χ2v) is 6.80. The molecule has 182 valence electrons. The van der Waals surface area contributed by atoms with Crippen LogP contribution in [0, 0.1) is 0 Å². The predicted octanol–water partition coefficient (Wildman–Crippen LogP) is 3.90. The van der Waals surface area contributed by atoms with Crippen LogP contribution in [0.1, 0.15) is 18.9 Å². The molecule has 1 aromatic carbocycles. The van der Waals surface area contributed by atoms with E-state index in [1.54, 1.807) is 25.4 Å². The van der Waals surface area contributed by atoms with Crippen molar-refractivity contribution >= 4 is 5.97 Å². The minimum Gasteiger partial charge on any atom is -0.475 e. The zero-order valence-electron chi connectivity index (χ0n) is 17.1. The Hall–Kier alpha value is -3.06. The number of carboxylic acids is 1. The topological polar surface area (TPSA) is 101 Å². The number of alkyl halides is 6. The summed E-state index contributed by atoms with van der Waals surface area (Å²) in [6.07, 6.45) is -8.72. The Morgan fingerprint density at radius 1 is 1.15 bits per heavy atom. The van der Waals surface area contributed by atoms with Gasteiger partial charge in [-0.2, -0.15) is 26.3 Å². The minimum absolute atomic E-state index is 0.0919. The first-order valence-corrected chi connectivity index (χ1v) is 9.45. The summed E-state index contributed by atoms with van der Waals surface area (Å²) < 4.78 is 80.9. The SMILES string of the molecule is CCC(NCc1cc2c(c(-c3ccncc3)c1)OCO2)C(O)C(F)(F)F.O=C(O)C(F)(F)F. The molecule has 0 fully saturated rings. The quantitative estimate of drug-likeness (QED) is 0.537. The number of nitrogens with zero attached hydrogens (tertiary/aromatic N) is 1. The van der Waals surface area contributed by atoms with Crippen LogP contribution < -0.4 is 14.8 Å². The molecule has 2 heterocycles. The molecule has 3 rings (SSSR count). The van der Waals surface area contributed by atoms with Gasteiger partial charge in [-0.1, -0.05) is 6.92 Å². The lowest BCUT2D eigenvalue weighted by Crippen LogP contribution is -2.47. The summed E-state index contributed by atoms with van der Waals surface area (Å²) in [6.45, 7) is 1.84. The van der Waals surface area contributed by atoms with Crippen LogP contribution >= 0.6 is 0 Å². The molecule has 0 amide bonds. The molecule has 3 N–H and O–H groups in total. The average molecular weight is 482 g/mol. The fourth-order valence-electron chi connectivity index (χ4n) is 2.87. The highest BCUT2D eigenvalue weighted by molar-refractivity contribution is 5.75. The number of halogens is 6. The number of carboxylic acid groups (broad SMARTS) is 1. The van der Waals surface area contributed by atoms with E-state index in [2.05, 4.69) is 10.3 Å². The van der Waals surface area contributed by atoms with Crippen molar-refractivity contribution < 1.29 is 50.8 Å². The highest BCUT2D eigenvalue weighted by Gasteiger charge is 2.42. The van der Waals surface area contributed by atoms with E-state index in [4.69, 9.17) is 19.4 Å². The maximum absolute atomic E-state index is 12.7. The van der Waals surface area contributed by atoms with Crippen molar-refractivity contribution in [2.75, 3.05) is 6.79 Å². The standard InChI is InChI=1S/C18H19F3N2O3.C2HF3O2/c1-2-14(17(24)18(19,20)21)23-9-11-7-13(12-3-5-22-6-4-12)16-15(8-11)25-10-26-16;3-2(4,5)1(6)7/h3-8,14,17,23-24H,2,9-10H2,1H3;(H,6,7). The molecule has 0 saturated carbocycles. The van der Waals surface area contributed by atoms with Crippen LogP contribution in [0.2, 0.25) is 0 Å². The van der Waals surface area contributed by atoms with E-state index in [1.165, 1.54) is 0 Å². The van der Waals surface area contributed by atoms with Gasteiger partial charge < -0.3 is 25.0 Å². The summed E-state index contributed by atoms with van der Waals surface area (Å²) in [5, 5.41) is 19.4. The van der Waals surface area contributed by atoms with E-state index in [0.29, 0.717) is 11.5 Å². The molecule has 1 aliphatic heterocycles. The van der Waals surface area contributed by atoms with Gasteiger partial charge in [0.25, 0.3) is 0 Å². The van der Waals surface area contributed by atoms with E-state index in [0.717, 1.165) is 16.7 Å². The molecule has 2 atom stereocenters. The number of aliphatic hydroxyl groups excluding tert-OH is 1. The number of aliphatic carboxylic acids is 1. The van der Waals surface area contributed by atoms with Crippen molar-refractivity contribution in [3.05, 3.63) is 42.2 Å². The number of benzene rings is 1. The molecule has 0 radical (unpaired) electrons. The maximum atomic E-state index is 12.7. The first-order chi connectivity index (χ1) is 15.3. The third-order valence-electron chi connectivity index (χ3n) is 4.49. The number of hydrogen-bond acceptors (Lipinski definition) is 6. The smallest absolute Gasteiger partial charge is 0.475 e. The normalized spacial score (nSPS) is 14.8. The largest absolute Gasteiger partial charge is 0.490 e. The Kier molecular flexibility index (Phi) is 8.50. The molecule has 0 aliphatic carbocycles. The summed E-state index contributed by atoms with van der Waals surface area (Å²) in [5.74, 6) is -1.62. The van der Waals surface area contributed by atoms with Gasteiger partial charge in [0, 0.05) is 30.5 Å². The zero-order chi connectivity index (χ0) is 24.8. The number of aromatic nitrogens is 1. The van der Waals surface area contributed by atoms with Gasteiger partial charge in [-0.05, 0) is 41.8 Å². The Labute approximate surface area is 184 Å². The van der Waals surface area contributed by atoms with E-state index >= 15 is 0 Å². The summed E-state index contributed by atoms with van der Waals surface area (Å²) in [4.78, 5) is 12.9. The number of fused-ring (bicyclic) bond motifs is 1. The minimum atomic E-state index is -5.08. The summed E-state index contributed by atoms with van der Waals surface area (Å²) in [5.41, 5.74) is 2.38. The molecule has 0 spiro atoms. The van der Waals surface area contributed by atoms with Crippen LogP contribution in [0.15, 0.2) is 36.7 Å². The lowest BCUT2D eigenvalue weighted by molar-refractivity contribution is -0.212. The van der Waals surface area contributed by atoms with Gasteiger partial charge in [0.15, 0.2) is 17.6 Å². The van der Waals surface area contributed by atoms with Crippen LogP contribution in [0.25, 0.3) is 11.1 Å². The number of pyridine rings is 1. The van der Waals surface area contributed by atoms with Crippen LogP contribution in [-0.4, -0.2) is 52.5 Å². The van der Waals surface area contributed by atoms with E-state index in [-0.39, 0.29) is 19.8 Å². The van der Waals surface area contributed by atoms with Crippen molar-refractivity contribution in [1.29, 1.82) is 0 Å². The number of rotatable bonds is 6. The number of ether oxygens (including phenoxy) is 2. The third kappa shape index (κ3) is 7.22. The number of hydrogen-bond donors (Lipinski definition) is 3. The molecule has 0 bridgehead atoms. The Morgan fingerprint density at radius 2 is 1.76 bits per heavy atom. The van der Waals surface area contributed by atoms with Gasteiger partial charge in [0.2, 0.25) is 6.79 Å². The number of nitrogens with one attached hydrogen (secondary N) is 1. The first kappa shape index (κ1) is 26.2. The molecular formula is C20H20F6N2O5. The molecule has 2 aromatic rings. The molecule has 1 aliphatic rings. The van der Waals surface area contributed by atoms with Gasteiger partial charge >= 0.3 is 18.3 Å². The molecule has 33 heavy (non-hydrogen) atoms. The van der Waals surface area contributed by atoms with Crippen LogP contribution in [0.5, 0.6) is 11.5 Å². The summed E-state index contributed by atoms with van der Waals surface area (Å²) >= 11 is 0. The molecular weight excluding hydrogens is 462 g/mol. The van der Waals surface area contributed by atoms with Gasteiger partial charge in [-0.25, -0.2) is 4.79 Å². The van der Waals surface area contributed by atoms with Crippen LogP contribution in [0.4, 0.5) is 26.3 Å². The van der Waals surface area contributed by atoms with Crippen molar-refractivity contribution in [2.24, 2.45) is 0 Å². The molecule has 13 heteroatoms. The van der Waals surface area contributed by atoms with Gasteiger partial charge in [-0.15, -0.1) is 0 Å². The fourth-order valence-corrected chi connectivity index (χ4v) is 2.87. The fraction of sp³-hybridized carbons (Fsp3) is 0.400. The monoisotopic (exact) mass is 482 g/mol. The molecule has 2 unspecified atom stereocenters. The number of carbonyl (C=O) groups is 1.